The average molecular weight is 334 g/mol. The molecule has 132 valence electrons. The lowest BCUT2D eigenvalue weighted by Gasteiger charge is -2.24. The standard InChI is InChI=1S/C18H26N2O4/c1-18(2,3)24-17(22)20-10-9-15(12-20)11-19-16(21)23-13-14-7-5-4-6-8-14/h4-8,15H,9-13H2,1-3H3,(H,19,21). The smallest absolute Gasteiger partial charge is 0.410 e. The summed E-state index contributed by atoms with van der Waals surface area (Å²) in [7, 11) is 0. The van der Waals surface area contributed by atoms with E-state index in [1.807, 2.05) is 51.1 Å². The van der Waals surface area contributed by atoms with Crippen molar-refractivity contribution in [2.45, 2.75) is 39.4 Å². The summed E-state index contributed by atoms with van der Waals surface area (Å²) in [6.45, 7) is 7.54. The molecule has 0 spiro atoms. The molecular weight excluding hydrogens is 308 g/mol. The minimum Gasteiger partial charge on any atom is -0.445 e. The van der Waals surface area contributed by atoms with Crippen LogP contribution in [-0.2, 0) is 16.1 Å². The number of amides is 2. The van der Waals surface area contributed by atoms with Crippen LogP contribution >= 0.6 is 0 Å². The van der Waals surface area contributed by atoms with E-state index < -0.39 is 11.7 Å². The van der Waals surface area contributed by atoms with Crippen LogP contribution in [0.5, 0.6) is 0 Å². The number of hydrogen-bond acceptors (Lipinski definition) is 4. The van der Waals surface area contributed by atoms with Crippen molar-refractivity contribution in [3.05, 3.63) is 35.9 Å². The molecule has 1 unspecified atom stereocenters. The van der Waals surface area contributed by atoms with Crippen molar-refractivity contribution in [3.63, 3.8) is 0 Å². The molecule has 2 rings (SSSR count). The maximum atomic E-state index is 12.0. The molecule has 1 saturated heterocycles. The monoisotopic (exact) mass is 334 g/mol. The molecule has 1 aromatic carbocycles. The number of benzene rings is 1. The summed E-state index contributed by atoms with van der Waals surface area (Å²) >= 11 is 0. The summed E-state index contributed by atoms with van der Waals surface area (Å²) in [5.74, 6) is 0.224. The van der Waals surface area contributed by atoms with E-state index in [1.165, 1.54) is 0 Å². The van der Waals surface area contributed by atoms with E-state index in [0.717, 1.165) is 12.0 Å². The summed E-state index contributed by atoms with van der Waals surface area (Å²) in [6.07, 6.45) is 0.115. The highest BCUT2D eigenvalue weighted by Crippen LogP contribution is 2.19. The van der Waals surface area contributed by atoms with Gasteiger partial charge in [0.2, 0.25) is 0 Å². The van der Waals surface area contributed by atoms with Crippen molar-refractivity contribution >= 4 is 12.2 Å². The quantitative estimate of drug-likeness (QED) is 0.918. The molecule has 24 heavy (non-hydrogen) atoms. The SMILES string of the molecule is CC(C)(C)OC(=O)N1CCC(CNC(=O)OCc2ccccc2)C1. The van der Waals surface area contributed by atoms with Crippen molar-refractivity contribution in [2.75, 3.05) is 19.6 Å². The Balaban J connectivity index is 1.66. The topological polar surface area (TPSA) is 67.9 Å². The molecule has 1 atom stereocenters. The third-order valence-corrected chi connectivity index (χ3v) is 3.69. The Labute approximate surface area is 143 Å². The third kappa shape index (κ3) is 6.10. The number of nitrogens with one attached hydrogen (secondary N) is 1. The Morgan fingerprint density at radius 1 is 1.25 bits per heavy atom. The normalized spacial score (nSPS) is 17.5. The Hall–Kier alpha value is -2.24. The molecule has 6 heteroatoms. The number of likely N-dealkylation sites (tertiary alicyclic amines) is 1. The third-order valence-electron chi connectivity index (χ3n) is 3.69. The van der Waals surface area contributed by atoms with E-state index in [1.54, 1.807) is 4.90 Å². The summed E-state index contributed by atoms with van der Waals surface area (Å²) < 4.78 is 10.5. The Morgan fingerprint density at radius 2 is 1.96 bits per heavy atom. The van der Waals surface area contributed by atoms with Crippen molar-refractivity contribution in [1.29, 1.82) is 0 Å². The molecule has 0 aromatic heterocycles. The van der Waals surface area contributed by atoms with Crippen LogP contribution in [0.2, 0.25) is 0 Å². The van der Waals surface area contributed by atoms with Gasteiger partial charge in [0.15, 0.2) is 0 Å². The van der Waals surface area contributed by atoms with Crippen molar-refractivity contribution in [3.8, 4) is 0 Å². The van der Waals surface area contributed by atoms with Gasteiger partial charge < -0.3 is 19.7 Å². The average Bonchev–Trinajstić information content (AvgIpc) is 2.99. The van der Waals surface area contributed by atoms with E-state index in [9.17, 15) is 9.59 Å². The van der Waals surface area contributed by atoms with Crippen LogP contribution in [0, 0.1) is 5.92 Å². The summed E-state index contributed by atoms with van der Waals surface area (Å²) in [4.78, 5) is 25.4. The number of alkyl carbamates (subject to hydrolysis) is 1. The van der Waals surface area contributed by atoms with Gasteiger partial charge in [-0.2, -0.15) is 0 Å². The number of ether oxygens (including phenoxy) is 2. The lowest BCUT2D eigenvalue weighted by atomic mass is 10.1. The molecule has 0 saturated carbocycles. The second-order valence-corrected chi connectivity index (χ2v) is 7.02. The number of carbonyl (C=O) groups excluding carboxylic acids is 2. The second kappa shape index (κ2) is 8.04. The van der Waals surface area contributed by atoms with Crippen LogP contribution in [0.4, 0.5) is 9.59 Å². The van der Waals surface area contributed by atoms with Crippen LogP contribution < -0.4 is 5.32 Å². The van der Waals surface area contributed by atoms with Crippen LogP contribution in [-0.4, -0.2) is 42.3 Å². The van der Waals surface area contributed by atoms with Gasteiger partial charge in [0.05, 0.1) is 0 Å². The number of carbonyl (C=O) groups is 2. The van der Waals surface area contributed by atoms with E-state index in [0.29, 0.717) is 19.6 Å². The van der Waals surface area contributed by atoms with Crippen LogP contribution in [0.25, 0.3) is 0 Å². The van der Waals surface area contributed by atoms with Crippen molar-refractivity contribution < 1.29 is 19.1 Å². The van der Waals surface area contributed by atoms with Crippen LogP contribution in [0.3, 0.4) is 0 Å². The van der Waals surface area contributed by atoms with Gasteiger partial charge in [-0.3, -0.25) is 0 Å². The molecule has 0 radical (unpaired) electrons. The second-order valence-electron chi connectivity index (χ2n) is 7.02. The van der Waals surface area contributed by atoms with Gasteiger partial charge in [0.25, 0.3) is 0 Å². The van der Waals surface area contributed by atoms with E-state index in [4.69, 9.17) is 9.47 Å². The molecule has 1 heterocycles. The first-order valence-corrected chi connectivity index (χ1v) is 8.26. The lowest BCUT2D eigenvalue weighted by molar-refractivity contribution is 0.0288. The highest BCUT2D eigenvalue weighted by molar-refractivity contribution is 5.69. The molecule has 1 fully saturated rings. The molecule has 1 aromatic rings. The Morgan fingerprint density at radius 3 is 2.62 bits per heavy atom. The van der Waals surface area contributed by atoms with Gasteiger partial charge in [-0.15, -0.1) is 0 Å². The summed E-state index contributed by atoms with van der Waals surface area (Å²) in [6, 6.07) is 9.53. The van der Waals surface area contributed by atoms with Crippen molar-refractivity contribution in [2.24, 2.45) is 5.92 Å². The van der Waals surface area contributed by atoms with Gasteiger partial charge in [-0.25, -0.2) is 9.59 Å². The zero-order valence-electron chi connectivity index (χ0n) is 14.6. The maximum Gasteiger partial charge on any atom is 0.410 e. The maximum absolute atomic E-state index is 12.0. The molecule has 1 N–H and O–H groups in total. The predicted molar refractivity (Wildman–Crippen MR) is 90.5 cm³/mol. The number of hydrogen-bond donors (Lipinski definition) is 1. The molecule has 6 nitrogen and oxygen atoms in total. The van der Waals surface area contributed by atoms with Crippen molar-refractivity contribution in [1.82, 2.24) is 10.2 Å². The predicted octanol–water partition coefficient (Wildman–Crippen LogP) is 3.17. The molecule has 0 aliphatic carbocycles. The first kappa shape index (κ1) is 18.1. The minimum absolute atomic E-state index is 0.224. The van der Waals surface area contributed by atoms with Gasteiger partial charge in [-0.1, -0.05) is 30.3 Å². The van der Waals surface area contributed by atoms with Crippen LogP contribution in [0.15, 0.2) is 30.3 Å². The molecule has 0 bridgehead atoms. The number of nitrogens with zero attached hydrogens (tertiary/aromatic N) is 1. The van der Waals surface area contributed by atoms with E-state index in [-0.39, 0.29) is 18.6 Å². The highest BCUT2D eigenvalue weighted by Gasteiger charge is 2.29. The number of rotatable bonds is 4. The lowest BCUT2D eigenvalue weighted by Crippen LogP contribution is -2.36. The van der Waals surface area contributed by atoms with Gasteiger partial charge in [0, 0.05) is 19.6 Å². The first-order chi connectivity index (χ1) is 11.3. The molecular formula is C18H26N2O4. The summed E-state index contributed by atoms with van der Waals surface area (Å²) in [5.41, 5.74) is 0.457. The van der Waals surface area contributed by atoms with E-state index in [2.05, 4.69) is 5.32 Å². The minimum atomic E-state index is -0.491. The highest BCUT2D eigenvalue weighted by atomic mass is 16.6. The molecule has 1 aliphatic heterocycles. The fraction of sp³-hybridized carbons (Fsp3) is 0.556. The Kier molecular flexibility index (Phi) is 6.06. The fourth-order valence-corrected chi connectivity index (χ4v) is 2.49. The molecule has 1 aliphatic rings. The van der Waals surface area contributed by atoms with Crippen LogP contribution in [0.1, 0.15) is 32.8 Å². The van der Waals surface area contributed by atoms with E-state index >= 15 is 0 Å². The summed E-state index contributed by atoms with van der Waals surface area (Å²) in [5, 5.41) is 2.76. The zero-order valence-corrected chi connectivity index (χ0v) is 14.6. The largest absolute Gasteiger partial charge is 0.445 e. The molecule has 2 amide bonds. The van der Waals surface area contributed by atoms with Gasteiger partial charge >= 0.3 is 12.2 Å². The fourth-order valence-electron chi connectivity index (χ4n) is 2.49. The first-order valence-electron chi connectivity index (χ1n) is 8.26. The van der Waals surface area contributed by atoms with Gasteiger partial charge in [-0.05, 0) is 38.7 Å². The zero-order chi connectivity index (χ0) is 17.6. The van der Waals surface area contributed by atoms with Gasteiger partial charge in [0.1, 0.15) is 12.2 Å². The Bertz CT molecular complexity index is 554.